The molecule has 0 aromatic heterocycles. The molecule has 0 aliphatic carbocycles. The number of carboxylic acids is 1. The first-order valence-corrected chi connectivity index (χ1v) is 4.92. The number of hydrogen-bond acceptors (Lipinski definition) is 3. The van der Waals surface area contributed by atoms with Crippen LogP contribution in [0.3, 0.4) is 0 Å². The highest BCUT2D eigenvalue weighted by Crippen LogP contribution is 2.06. The number of amides is 1. The Morgan fingerprint density at radius 2 is 2.40 bits per heavy atom. The Bertz CT molecular complexity index is 351. The van der Waals surface area contributed by atoms with Crippen LogP contribution in [-0.2, 0) is 14.2 Å². The van der Waals surface area contributed by atoms with E-state index in [-0.39, 0.29) is 18.8 Å². The largest absolute Gasteiger partial charge is 0.480 e. The van der Waals surface area contributed by atoms with Gasteiger partial charge in [0.2, 0.25) is 0 Å². The summed E-state index contributed by atoms with van der Waals surface area (Å²) in [5.41, 5.74) is 0.113. The van der Waals surface area contributed by atoms with Gasteiger partial charge < -0.3 is 15.1 Å². The van der Waals surface area contributed by atoms with Crippen LogP contribution in [-0.4, -0.2) is 35.0 Å². The maximum absolute atomic E-state index is 11.6. The van der Waals surface area contributed by atoms with Crippen LogP contribution < -0.4 is 5.09 Å². The van der Waals surface area contributed by atoms with Gasteiger partial charge in [-0.3, -0.25) is 9.59 Å². The number of nitrogens with one attached hydrogen (secondary N) is 1. The molecule has 1 aliphatic rings. The summed E-state index contributed by atoms with van der Waals surface area (Å²) < 4.78 is 10.3. The highest BCUT2D eigenvalue weighted by molar-refractivity contribution is 7.21. The second-order valence-corrected chi connectivity index (χ2v) is 3.20. The van der Waals surface area contributed by atoms with Crippen molar-refractivity contribution in [2.75, 3.05) is 13.1 Å². The topological polar surface area (TPSA) is 86.7 Å². The second-order valence-electron chi connectivity index (χ2n) is 2.79. The van der Waals surface area contributed by atoms with Gasteiger partial charge in [0.25, 0.3) is 14.5 Å². The first-order chi connectivity index (χ1) is 7.15. The fourth-order valence-electron chi connectivity index (χ4n) is 1.11. The van der Waals surface area contributed by atoms with Gasteiger partial charge in [-0.05, 0) is 6.08 Å². The lowest BCUT2D eigenvalue weighted by Gasteiger charge is -2.18. The summed E-state index contributed by atoms with van der Waals surface area (Å²) in [6.45, 7) is -0.152. The zero-order valence-corrected chi connectivity index (χ0v) is 8.61. The van der Waals surface area contributed by atoms with Crippen molar-refractivity contribution in [3.63, 3.8) is 0 Å². The molecule has 0 saturated heterocycles. The maximum Gasteiger partial charge on any atom is 0.323 e. The Kier molecular flexibility index (Phi) is 4.00. The molecule has 0 fully saturated rings. The monoisotopic (exact) mass is 228 g/mol. The van der Waals surface area contributed by atoms with Gasteiger partial charge in [-0.15, -0.1) is 0 Å². The molecule has 0 spiro atoms. The Hall–Kier alpha value is -1.68. The van der Waals surface area contributed by atoms with Crippen molar-refractivity contribution in [2.24, 2.45) is 0 Å². The molecular weight excluding hydrogens is 219 g/mol. The normalized spacial score (nSPS) is 16.1. The minimum absolute atomic E-state index is 0.113. The minimum atomic E-state index is -1.09. The fraction of sp³-hybridized carbons (Fsp3) is 0.250. The van der Waals surface area contributed by atoms with E-state index in [4.69, 9.17) is 5.11 Å². The van der Waals surface area contributed by atoms with E-state index in [9.17, 15) is 14.2 Å². The summed E-state index contributed by atoms with van der Waals surface area (Å²) in [5.74, 6) is -1.57. The predicted octanol–water partition coefficient (Wildman–Crippen LogP) is 0.150. The molecule has 1 rings (SSSR count). The third kappa shape index (κ3) is 3.18. The van der Waals surface area contributed by atoms with Crippen LogP contribution in [0, 0.1) is 0 Å². The van der Waals surface area contributed by atoms with Gasteiger partial charge in [-0.2, -0.15) is 0 Å². The van der Waals surface area contributed by atoms with Crippen molar-refractivity contribution in [3.05, 3.63) is 23.9 Å². The van der Waals surface area contributed by atoms with Gasteiger partial charge in [0.1, 0.15) is 12.2 Å². The first-order valence-electron chi connectivity index (χ1n) is 4.11. The Morgan fingerprint density at radius 1 is 1.67 bits per heavy atom. The zero-order chi connectivity index (χ0) is 11.3. The number of carbonyl (C=O) groups excluding carboxylic acids is 1. The summed E-state index contributed by atoms with van der Waals surface area (Å²) in [5, 5.41) is 10.9. The third-order valence-corrected chi connectivity index (χ3v) is 2.07. The molecule has 80 valence electrons. The molecule has 6 nitrogen and oxygen atoms in total. The quantitative estimate of drug-likeness (QED) is 0.669. The molecule has 0 aromatic rings. The summed E-state index contributed by atoms with van der Waals surface area (Å²) in [6.07, 6.45) is 4.71. The van der Waals surface area contributed by atoms with E-state index in [0.717, 1.165) is 4.90 Å². The molecule has 1 aliphatic heterocycles. The van der Waals surface area contributed by atoms with Gasteiger partial charge >= 0.3 is 5.97 Å². The van der Waals surface area contributed by atoms with Crippen molar-refractivity contribution in [2.45, 2.75) is 0 Å². The van der Waals surface area contributed by atoms with Gasteiger partial charge in [0.05, 0.1) is 0 Å². The van der Waals surface area contributed by atoms with Crippen LogP contribution in [0.4, 0.5) is 0 Å². The number of aliphatic carboxylic acids is 1. The number of allylic oxidation sites excluding steroid dienone is 2. The lowest BCUT2D eigenvalue weighted by atomic mass is 10.3. The average Bonchev–Trinajstić information content (AvgIpc) is 2.33. The Morgan fingerprint density at radius 3 is 3.00 bits per heavy atom. The molecule has 0 unspecified atom stereocenters. The molecule has 7 heteroatoms. The van der Waals surface area contributed by atoms with E-state index in [1.165, 1.54) is 6.08 Å². The van der Waals surface area contributed by atoms with E-state index in [1.807, 2.05) is 0 Å². The molecule has 2 N–H and O–H groups in total. The van der Waals surface area contributed by atoms with Crippen LogP contribution in [0.15, 0.2) is 23.9 Å². The van der Waals surface area contributed by atoms with Gasteiger partial charge in [0, 0.05) is 6.54 Å². The lowest BCUT2D eigenvalue weighted by Crippen LogP contribution is -2.37. The van der Waals surface area contributed by atoms with Crippen LogP contribution in [0.25, 0.3) is 0 Å². The molecule has 1 heterocycles. The van der Waals surface area contributed by atoms with Crippen molar-refractivity contribution in [1.29, 1.82) is 0 Å². The highest BCUT2D eigenvalue weighted by atomic mass is 31.1. The average molecular weight is 228 g/mol. The number of rotatable bonds is 4. The second kappa shape index (κ2) is 5.26. The molecule has 0 aromatic carbocycles. The lowest BCUT2D eigenvalue weighted by molar-refractivity contribution is -0.142. The van der Waals surface area contributed by atoms with Crippen molar-refractivity contribution >= 4 is 20.5 Å². The van der Waals surface area contributed by atoms with E-state index in [0.29, 0.717) is 0 Å². The van der Waals surface area contributed by atoms with Gasteiger partial charge in [-0.25, -0.2) is 4.57 Å². The summed E-state index contributed by atoms with van der Waals surface area (Å²) in [4.78, 5) is 23.2. The molecular formula is C8H9N2O4P. The molecule has 0 atom stereocenters. The SMILES string of the molecule is O=PNC1=CC=CCN(CC(=O)O)C1=O. The molecule has 0 bridgehead atoms. The number of hydrogen-bond donors (Lipinski definition) is 2. The van der Waals surface area contributed by atoms with Gasteiger partial charge in [-0.1, -0.05) is 12.2 Å². The Balaban J connectivity index is 2.80. The summed E-state index contributed by atoms with van der Waals surface area (Å²) in [6, 6.07) is 0. The highest BCUT2D eigenvalue weighted by Gasteiger charge is 2.20. The molecule has 0 saturated carbocycles. The summed E-state index contributed by atoms with van der Waals surface area (Å²) in [7, 11) is -0.397. The maximum atomic E-state index is 11.6. The summed E-state index contributed by atoms with van der Waals surface area (Å²) >= 11 is 0. The van der Waals surface area contributed by atoms with Crippen LogP contribution >= 0.6 is 8.61 Å². The number of carbonyl (C=O) groups is 2. The van der Waals surface area contributed by atoms with E-state index < -0.39 is 20.5 Å². The fourth-order valence-corrected chi connectivity index (χ4v) is 1.38. The first kappa shape index (κ1) is 11.4. The van der Waals surface area contributed by atoms with E-state index >= 15 is 0 Å². The zero-order valence-electron chi connectivity index (χ0n) is 7.71. The molecule has 1 amide bonds. The van der Waals surface area contributed by atoms with Crippen LogP contribution in [0.2, 0.25) is 0 Å². The Labute approximate surface area is 87.5 Å². The third-order valence-electron chi connectivity index (χ3n) is 1.73. The molecule has 15 heavy (non-hydrogen) atoms. The minimum Gasteiger partial charge on any atom is -0.480 e. The van der Waals surface area contributed by atoms with Crippen molar-refractivity contribution in [3.8, 4) is 0 Å². The van der Waals surface area contributed by atoms with Crippen molar-refractivity contribution in [1.82, 2.24) is 9.99 Å². The number of carboxylic acid groups (broad SMARTS) is 1. The number of nitrogens with zero attached hydrogens (tertiary/aromatic N) is 1. The predicted molar refractivity (Wildman–Crippen MR) is 52.2 cm³/mol. The smallest absolute Gasteiger partial charge is 0.323 e. The van der Waals surface area contributed by atoms with Crippen LogP contribution in [0.5, 0.6) is 0 Å². The van der Waals surface area contributed by atoms with Crippen LogP contribution in [0.1, 0.15) is 0 Å². The molecule has 0 radical (unpaired) electrons. The standard InChI is InChI=1S/C8H9N2O4P/c11-7(12)5-10-4-2-1-3-6(8(10)13)9-15-14/h1-3H,4-5H2,(H,9,14)(H,11,12). The van der Waals surface area contributed by atoms with E-state index in [1.54, 1.807) is 12.2 Å². The van der Waals surface area contributed by atoms with E-state index in [2.05, 4.69) is 5.09 Å². The van der Waals surface area contributed by atoms with Gasteiger partial charge in [0.15, 0.2) is 0 Å². The van der Waals surface area contributed by atoms with Crippen molar-refractivity contribution < 1.29 is 19.3 Å².